The van der Waals surface area contributed by atoms with Crippen LogP contribution in [-0.2, 0) is 4.74 Å². The van der Waals surface area contributed by atoms with Crippen molar-refractivity contribution in [2.24, 2.45) is 0 Å². The fraction of sp³-hybridized carbons (Fsp3) is 0.211. The normalized spacial score (nSPS) is 15.3. The van der Waals surface area contributed by atoms with Gasteiger partial charge in [0, 0.05) is 24.3 Å². The molecule has 0 N–H and O–H groups in total. The van der Waals surface area contributed by atoms with Crippen LogP contribution in [0.5, 0.6) is 0 Å². The standard InChI is InChI=1S/C19H17FN2O/c20-19-4-2-1-3-18(19)16(14-21)13-15-5-7-17(8-6-15)22-9-11-23-12-10-22/h1-8,13H,9-12H2. The molecule has 23 heavy (non-hydrogen) atoms. The third-order valence-electron chi connectivity index (χ3n) is 3.86. The molecule has 2 aromatic rings. The number of halogens is 1. The summed E-state index contributed by atoms with van der Waals surface area (Å²) in [7, 11) is 0. The van der Waals surface area contributed by atoms with Crippen LogP contribution in [0.1, 0.15) is 11.1 Å². The lowest BCUT2D eigenvalue weighted by Gasteiger charge is -2.28. The van der Waals surface area contributed by atoms with E-state index in [2.05, 4.69) is 11.0 Å². The predicted octanol–water partition coefficient (Wildman–Crippen LogP) is 3.73. The number of benzene rings is 2. The number of nitrogens with zero attached hydrogens (tertiary/aromatic N) is 2. The maximum Gasteiger partial charge on any atom is 0.131 e. The Hall–Kier alpha value is -2.64. The van der Waals surface area contributed by atoms with E-state index >= 15 is 0 Å². The van der Waals surface area contributed by atoms with Crippen molar-refractivity contribution in [1.82, 2.24) is 0 Å². The molecule has 4 heteroatoms. The number of morpholine rings is 1. The molecule has 0 radical (unpaired) electrons. The smallest absolute Gasteiger partial charge is 0.131 e. The molecule has 3 rings (SSSR count). The van der Waals surface area contributed by atoms with Crippen LogP contribution < -0.4 is 4.90 Å². The minimum atomic E-state index is -0.384. The molecule has 0 spiro atoms. The summed E-state index contributed by atoms with van der Waals surface area (Å²) in [5.74, 6) is -0.384. The zero-order valence-corrected chi connectivity index (χ0v) is 12.7. The summed E-state index contributed by atoms with van der Waals surface area (Å²) in [5.41, 5.74) is 2.66. The molecular formula is C19H17FN2O. The van der Waals surface area contributed by atoms with E-state index in [1.165, 1.54) is 6.07 Å². The Morgan fingerprint density at radius 1 is 1.09 bits per heavy atom. The largest absolute Gasteiger partial charge is 0.378 e. The summed E-state index contributed by atoms with van der Waals surface area (Å²) in [6.45, 7) is 3.25. The summed E-state index contributed by atoms with van der Waals surface area (Å²) >= 11 is 0. The lowest BCUT2D eigenvalue weighted by molar-refractivity contribution is 0.122. The van der Waals surface area contributed by atoms with Crippen molar-refractivity contribution >= 4 is 17.3 Å². The van der Waals surface area contributed by atoms with Crippen LogP contribution in [-0.4, -0.2) is 26.3 Å². The van der Waals surface area contributed by atoms with E-state index in [9.17, 15) is 9.65 Å². The van der Waals surface area contributed by atoms with Gasteiger partial charge in [0.2, 0.25) is 0 Å². The molecule has 0 saturated carbocycles. The van der Waals surface area contributed by atoms with Gasteiger partial charge in [0.05, 0.1) is 24.9 Å². The Morgan fingerprint density at radius 3 is 2.43 bits per heavy atom. The van der Waals surface area contributed by atoms with Gasteiger partial charge in [-0.25, -0.2) is 4.39 Å². The zero-order chi connectivity index (χ0) is 16.1. The molecule has 0 atom stereocenters. The van der Waals surface area contributed by atoms with Gasteiger partial charge in [-0.2, -0.15) is 5.26 Å². The number of nitriles is 1. The zero-order valence-electron chi connectivity index (χ0n) is 12.7. The number of hydrogen-bond donors (Lipinski definition) is 0. The minimum Gasteiger partial charge on any atom is -0.378 e. The molecule has 0 unspecified atom stereocenters. The Labute approximate surface area is 135 Å². The maximum absolute atomic E-state index is 13.8. The van der Waals surface area contributed by atoms with Crippen molar-refractivity contribution in [3.8, 4) is 6.07 Å². The molecule has 1 fully saturated rings. The van der Waals surface area contributed by atoms with Crippen LogP contribution in [0.4, 0.5) is 10.1 Å². The Bertz CT molecular complexity index is 741. The second kappa shape index (κ2) is 7.08. The fourth-order valence-electron chi connectivity index (χ4n) is 2.62. The number of allylic oxidation sites excluding steroid dienone is 1. The quantitative estimate of drug-likeness (QED) is 0.640. The molecule has 1 saturated heterocycles. The van der Waals surface area contributed by atoms with Crippen LogP contribution in [0.3, 0.4) is 0 Å². The van der Waals surface area contributed by atoms with Gasteiger partial charge in [-0.05, 0) is 29.8 Å². The first-order valence-corrected chi connectivity index (χ1v) is 7.57. The fourth-order valence-corrected chi connectivity index (χ4v) is 2.62. The van der Waals surface area contributed by atoms with Crippen molar-refractivity contribution in [2.45, 2.75) is 0 Å². The first-order valence-electron chi connectivity index (χ1n) is 7.57. The molecule has 0 bridgehead atoms. The van der Waals surface area contributed by atoms with E-state index in [0.717, 1.165) is 37.6 Å². The van der Waals surface area contributed by atoms with E-state index in [4.69, 9.17) is 4.74 Å². The topological polar surface area (TPSA) is 36.3 Å². The third-order valence-corrected chi connectivity index (χ3v) is 3.86. The highest BCUT2D eigenvalue weighted by molar-refractivity contribution is 5.89. The highest BCUT2D eigenvalue weighted by Crippen LogP contribution is 2.22. The summed E-state index contributed by atoms with van der Waals surface area (Å²) in [6, 6.07) is 16.3. The average Bonchev–Trinajstić information content (AvgIpc) is 2.62. The maximum atomic E-state index is 13.8. The molecule has 1 heterocycles. The van der Waals surface area contributed by atoms with Gasteiger partial charge in [-0.1, -0.05) is 30.3 Å². The van der Waals surface area contributed by atoms with Crippen molar-refractivity contribution in [3.63, 3.8) is 0 Å². The predicted molar refractivity (Wildman–Crippen MR) is 89.4 cm³/mol. The number of ether oxygens (including phenoxy) is 1. The molecule has 3 nitrogen and oxygen atoms in total. The lowest BCUT2D eigenvalue weighted by Crippen LogP contribution is -2.36. The molecule has 0 aliphatic carbocycles. The van der Waals surface area contributed by atoms with Crippen LogP contribution in [0.25, 0.3) is 11.6 Å². The van der Waals surface area contributed by atoms with Crippen molar-refractivity contribution < 1.29 is 9.13 Å². The van der Waals surface area contributed by atoms with E-state index in [1.807, 2.05) is 24.3 Å². The van der Waals surface area contributed by atoms with Crippen LogP contribution in [0.15, 0.2) is 48.5 Å². The SMILES string of the molecule is N#CC(=Cc1ccc(N2CCOCC2)cc1)c1ccccc1F. The van der Waals surface area contributed by atoms with Crippen LogP contribution in [0, 0.1) is 17.1 Å². The second-order valence-electron chi connectivity index (χ2n) is 5.34. The molecule has 1 aliphatic rings. The number of rotatable bonds is 3. The number of anilines is 1. The number of hydrogen-bond acceptors (Lipinski definition) is 3. The second-order valence-corrected chi connectivity index (χ2v) is 5.34. The Kier molecular flexibility index (Phi) is 4.70. The van der Waals surface area contributed by atoms with Gasteiger partial charge in [-0.3, -0.25) is 0 Å². The van der Waals surface area contributed by atoms with Gasteiger partial charge in [0.1, 0.15) is 5.82 Å². The first kappa shape index (κ1) is 15.3. The molecule has 0 amide bonds. The summed E-state index contributed by atoms with van der Waals surface area (Å²) in [4.78, 5) is 2.26. The van der Waals surface area contributed by atoms with Crippen LogP contribution in [0.2, 0.25) is 0 Å². The molecule has 116 valence electrons. The monoisotopic (exact) mass is 308 g/mol. The van der Waals surface area contributed by atoms with Gasteiger partial charge in [0.25, 0.3) is 0 Å². The van der Waals surface area contributed by atoms with Gasteiger partial charge < -0.3 is 9.64 Å². The van der Waals surface area contributed by atoms with Crippen molar-refractivity contribution in [3.05, 3.63) is 65.5 Å². The van der Waals surface area contributed by atoms with Gasteiger partial charge >= 0.3 is 0 Å². The van der Waals surface area contributed by atoms with E-state index < -0.39 is 0 Å². The van der Waals surface area contributed by atoms with Gasteiger partial charge in [0.15, 0.2) is 0 Å². The summed E-state index contributed by atoms with van der Waals surface area (Å²) in [6.07, 6.45) is 1.71. The van der Waals surface area contributed by atoms with Crippen molar-refractivity contribution in [2.75, 3.05) is 31.2 Å². The Balaban J connectivity index is 1.84. The highest BCUT2D eigenvalue weighted by Gasteiger charge is 2.11. The summed E-state index contributed by atoms with van der Waals surface area (Å²) in [5, 5.41) is 9.32. The summed E-state index contributed by atoms with van der Waals surface area (Å²) < 4.78 is 19.2. The molecular weight excluding hydrogens is 291 g/mol. The highest BCUT2D eigenvalue weighted by atomic mass is 19.1. The first-order chi connectivity index (χ1) is 11.3. The van der Waals surface area contributed by atoms with E-state index in [-0.39, 0.29) is 5.82 Å². The molecule has 1 aliphatic heterocycles. The van der Waals surface area contributed by atoms with Crippen molar-refractivity contribution in [1.29, 1.82) is 5.26 Å². The van der Waals surface area contributed by atoms with Gasteiger partial charge in [-0.15, -0.1) is 0 Å². The lowest BCUT2D eigenvalue weighted by atomic mass is 10.0. The third kappa shape index (κ3) is 3.58. The molecule has 2 aromatic carbocycles. The minimum absolute atomic E-state index is 0.322. The Morgan fingerprint density at radius 2 is 1.78 bits per heavy atom. The van der Waals surface area contributed by atoms with Crippen LogP contribution >= 0.6 is 0 Å². The van der Waals surface area contributed by atoms with E-state index in [0.29, 0.717) is 11.1 Å². The average molecular weight is 308 g/mol. The molecule has 0 aromatic heterocycles. The van der Waals surface area contributed by atoms with E-state index in [1.54, 1.807) is 24.3 Å².